The molecule has 0 unspecified atom stereocenters. The van der Waals surface area contributed by atoms with Crippen LogP contribution in [0.15, 0.2) is 0 Å². The molecular formula is C12H29NNa2O8. The van der Waals surface area contributed by atoms with Crippen molar-refractivity contribution in [2.24, 2.45) is 0 Å². The number of nitrogens with one attached hydrogen (secondary N) is 1. The molecule has 0 spiro atoms. The molecule has 0 saturated carbocycles. The van der Waals surface area contributed by atoms with E-state index in [-0.39, 0.29) is 62.0 Å². The van der Waals surface area contributed by atoms with Crippen LogP contribution < -0.4 is 64.4 Å². The molecule has 0 aromatic carbocycles. The van der Waals surface area contributed by atoms with E-state index in [0.717, 1.165) is 40.8 Å². The fourth-order valence-electron chi connectivity index (χ4n) is 0.250. The predicted octanol–water partition coefficient (Wildman–Crippen LogP) is -4.79. The van der Waals surface area contributed by atoms with Crippen molar-refractivity contribution in [3.05, 3.63) is 0 Å². The van der Waals surface area contributed by atoms with Gasteiger partial charge >= 0.3 is 59.1 Å². The molecule has 0 fully saturated rings. The molecule has 9 nitrogen and oxygen atoms in total. The van der Waals surface area contributed by atoms with E-state index in [2.05, 4.69) is 19.2 Å². The Labute approximate surface area is 184 Å². The Morgan fingerprint density at radius 1 is 0.652 bits per heavy atom. The van der Waals surface area contributed by atoms with Crippen LogP contribution in [-0.2, 0) is 19.2 Å². The first-order valence-electron chi connectivity index (χ1n) is 5.83. The Balaban J connectivity index is -0.0000000176. The van der Waals surface area contributed by atoms with E-state index in [9.17, 15) is 0 Å². The Morgan fingerprint density at radius 2 is 0.739 bits per heavy atom. The molecule has 0 heterocycles. The quantitative estimate of drug-likeness (QED) is 0.304. The molecule has 0 aliphatic carbocycles. The van der Waals surface area contributed by atoms with E-state index in [1.165, 1.54) is 0 Å². The zero-order valence-corrected chi connectivity index (χ0v) is 19.3. The van der Waals surface area contributed by atoms with Gasteiger partial charge in [0.15, 0.2) is 0 Å². The van der Waals surface area contributed by atoms with Gasteiger partial charge in [-0.05, 0) is 13.1 Å². The summed E-state index contributed by atoms with van der Waals surface area (Å²) in [6.45, 7) is 10.7. The Bertz CT molecular complexity index is 220. The summed E-state index contributed by atoms with van der Waals surface area (Å²) in [4.78, 5) is 36.0. The van der Waals surface area contributed by atoms with E-state index in [1.807, 2.05) is 0 Å². The normalized spacial score (nSPS) is 6.17. The minimum atomic E-state index is -0.833. The topological polar surface area (TPSA) is 161 Å². The van der Waals surface area contributed by atoms with Gasteiger partial charge in [-0.25, -0.2) is 0 Å². The fourth-order valence-corrected chi connectivity index (χ4v) is 0.250. The summed E-state index contributed by atoms with van der Waals surface area (Å²) in [5, 5.41) is 32.8. The molecule has 0 aromatic rings. The van der Waals surface area contributed by atoms with Crippen LogP contribution in [0.4, 0.5) is 0 Å². The molecule has 0 aromatic heterocycles. The number of hydrogen-bond donors (Lipinski definition) is 5. The smallest absolute Gasteiger partial charge is 1.00 e. The standard InChI is InChI=1S/C4H11N.4C2H4O2.2Na.2H/c1-3-5-4-2;4*1-2(3)4;;;;/h5H,3-4H2,1-2H3;4*1H3,(H,3,4);;;;/q;;;;;2*+1;2*-1. The Hall–Kier alpha value is -0.160. The van der Waals surface area contributed by atoms with Crippen molar-refractivity contribution < 1.29 is 102 Å². The van der Waals surface area contributed by atoms with E-state index >= 15 is 0 Å². The third-order valence-electron chi connectivity index (χ3n) is 0.500. The monoisotopic (exact) mass is 361 g/mol. The average Bonchev–Trinajstić information content (AvgIpc) is 2.14. The molecular weight excluding hydrogens is 332 g/mol. The maximum absolute atomic E-state index is 9.00. The number of rotatable bonds is 2. The van der Waals surface area contributed by atoms with Gasteiger partial charge in [0.1, 0.15) is 0 Å². The van der Waals surface area contributed by atoms with Gasteiger partial charge < -0.3 is 28.6 Å². The molecule has 23 heavy (non-hydrogen) atoms. The molecule has 11 heteroatoms. The van der Waals surface area contributed by atoms with Crippen LogP contribution in [-0.4, -0.2) is 57.4 Å². The second-order valence-corrected chi connectivity index (χ2v) is 3.03. The average molecular weight is 361 g/mol. The molecule has 0 bridgehead atoms. The van der Waals surface area contributed by atoms with Gasteiger partial charge in [0, 0.05) is 27.7 Å². The summed E-state index contributed by atoms with van der Waals surface area (Å²) >= 11 is 0. The van der Waals surface area contributed by atoms with Crippen LogP contribution in [0.25, 0.3) is 0 Å². The summed E-state index contributed by atoms with van der Waals surface area (Å²) in [5.74, 6) is -3.33. The second-order valence-electron chi connectivity index (χ2n) is 3.03. The van der Waals surface area contributed by atoms with Crippen LogP contribution in [0, 0.1) is 0 Å². The van der Waals surface area contributed by atoms with Gasteiger partial charge in [0.05, 0.1) is 0 Å². The number of carbonyl (C=O) groups is 4. The number of aliphatic carboxylic acids is 4. The molecule has 0 amide bonds. The first-order chi connectivity index (χ1) is 9.34. The summed E-state index contributed by atoms with van der Waals surface area (Å²) in [6.07, 6.45) is 0. The van der Waals surface area contributed by atoms with E-state index in [4.69, 9.17) is 39.6 Å². The Morgan fingerprint density at radius 3 is 0.739 bits per heavy atom. The van der Waals surface area contributed by atoms with Crippen LogP contribution in [0.1, 0.15) is 44.4 Å². The molecule has 0 saturated heterocycles. The first kappa shape index (κ1) is 43.4. The number of carboxylic acid groups (broad SMARTS) is 4. The van der Waals surface area contributed by atoms with Gasteiger partial charge in [0.25, 0.3) is 23.9 Å². The van der Waals surface area contributed by atoms with E-state index in [0.29, 0.717) is 0 Å². The summed E-state index contributed by atoms with van der Waals surface area (Å²) in [7, 11) is 0. The third-order valence-corrected chi connectivity index (χ3v) is 0.500. The van der Waals surface area contributed by atoms with Gasteiger partial charge in [-0.1, -0.05) is 13.8 Å². The second kappa shape index (κ2) is 43.1. The molecule has 0 atom stereocenters. The van der Waals surface area contributed by atoms with Crippen molar-refractivity contribution in [3.63, 3.8) is 0 Å². The fraction of sp³-hybridized carbons (Fsp3) is 0.667. The molecule has 0 aliphatic heterocycles. The summed E-state index contributed by atoms with van der Waals surface area (Å²) in [6, 6.07) is 0. The summed E-state index contributed by atoms with van der Waals surface area (Å²) in [5.41, 5.74) is 0. The van der Waals surface area contributed by atoms with Crippen molar-refractivity contribution in [2.45, 2.75) is 41.5 Å². The first-order valence-corrected chi connectivity index (χ1v) is 5.83. The predicted molar refractivity (Wildman–Crippen MR) is 79.7 cm³/mol. The largest absolute Gasteiger partial charge is 1.00 e. The van der Waals surface area contributed by atoms with Crippen LogP contribution in [0.5, 0.6) is 0 Å². The van der Waals surface area contributed by atoms with Gasteiger partial charge in [0.2, 0.25) is 0 Å². The SMILES string of the molecule is CC(=O)O.CC(=O)O.CC(=O)O.CC(=O)O.CCNCC.[H-].[H-].[Na+].[Na+]. The zero-order valence-electron chi connectivity index (χ0n) is 17.3. The van der Waals surface area contributed by atoms with Crippen molar-refractivity contribution in [2.75, 3.05) is 13.1 Å². The molecule has 132 valence electrons. The molecule has 0 radical (unpaired) electrons. The Kier molecular flexibility index (Phi) is 81.3. The maximum atomic E-state index is 9.00. The van der Waals surface area contributed by atoms with Gasteiger partial charge in [-0.15, -0.1) is 0 Å². The molecule has 0 aliphatic rings. The maximum Gasteiger partial charge on any atom is 1.00 e. The summed E-state index contributed by atoms with van der Waals surface area (Å²) < 4.78 is 0. The van der Waals surface area contributed by atoms with Gasteiger partial charge in [-0.2, -0.15) is 0 Å². The van der Waals surface area contributed by atoms with Crippen LogP contribution in [0.2, 0.25) is 0 Å². The molecule has 0 rings (SSSR count). The van der Waals surface area contributed by atoms with Crippen molar-refractivity contribution >= 4 is 23.9 Å². The van der Waals surface area contributed by atoms with Gasteiger partial charge in [-0.3, -0.25) is 19.2 Å². The van der Waals surface area contributed by atoms with Crippen molar-refractivity contribution in [1.29, 1.82) is 0 Å². The minimum absolute atomic E-state index is 0. The number of carboxylic acids is 4. The van der Waals surface area contributed by atoms with Crippen LogP contribution in [0.3, 0.4) is 0 Å². The van der Waals surface area contributed by atoms with Crippen LogP contribution >= 0.6 is 0 Å². The van der Waals surface area contributed by atoms with Crippen molar-refractivity contribution in [1.82, 2.24) is 5.32 Å². The third kappa shape index (κ3) is 2540. The number of hydrogen-bond acceptors (Lipinski definition) is 5. The molecule has 5 N–H and O–H groups in total. The van der Waals surface area contributed by atoms with Crippen molar-refractivity contribution in [3.8, 4) is 0 Å². The van der Waals surface area contributed by atoms with E-state index < -0.39 is 23.9 Å². The van der Waals surface area contributed by atoms with E-state index in [1.54, 1.807) is 0 Å². The zero-order chi connectivity index (χ0) is 18.4. The minimum Gasteiger partial charge on any atom is -1.00 e.